The highest BCUT2D eigenvalue weighted by Gasteiger charge is 2.34. The average molecular weight is 522 g/mol. The number of pyridine rings is 1. The van der Waals surface area contributed by atoms with Gasteiger partial charge in [-0.3, -0.25) is 9.78 Å². The maximum Gasteiger partial charge on any atom is 0.251 e. The van der Waals surface area contributed by atoms with Crippen molar-refractivity contribution in [1.82, 2.24) is 24.8 Å². The molecule has 0 bridgehead atoms. The lowest BCUT2D eigenvalue weighted by molar-refractivity contribution is -0.143. The van der Waals surface area contributed by atoms with Crippen LogP contribution in [0.2, 0.25) is 0 Å². The Labute approximate surface area is 219 Å². The number of amides is 1. The first-order chi connectivity index (χ1) is 18.0. The maximum absolute atomic E-state index is 14.8. The molecule has 1 aliphatic rings. The molecule has 12 heteroatoms. The van der Waals surface area contributed by atoms with Crippen LogP contribution < -0.4 is 10.1 Å². The molecule has 0 aliphatic carbocycles. The normalized spacial score (nSPS) is 18.4. The lowest BCUT2D eigenvalue weighted by Crippen LogP contribution is -2.51. The number of aliphatic hydroxyl groups is 2. The molecule has 0 spiro atoms. The van der Waals surface area contributed by atoms with Gasteiger partial charge in [0.25, 0.3) is 5.91 Å². The molecular formula is C26H28FN7O4. The smallest absolute Gasteiger partial charge is 0.251 e. The van der Waals surface area contributed by atoms with E-state index in [-0.39, 0.29) is 36.8 Å². The third kappa shape index (κ3) is 6.19. The highest BCUT2D eigenvalue weighted by atomic mass is 19.1. The van der Waals surface area contributed by atoms with E-state index >= 15 is 0 Å². The summed E-state index contributed by atoms with van der Waals surface area (Å²) in [5.74, 6) is 0.236. The molecule has 1 aromatic carbocycles. The van der Waals surface area contributed by atoms with Crippen LogP contribution in [0.25, 0.3) is 11.4 Å². The van der Waals surface area contributed by atoms with Gasteiger partial charge in [-0.1, -0.05) is 0 Å². The van der Waals surface area contributed by atoms with Crippen molar-refractivity contribution in [2.75, 3.05) is 18.4 Å². The van der Waals surface area contributed by atoms with E-state index in [2.05, 4.69) is 31.3 Å². The van der Waals surface area contributed by atoms with Crippen LogP contribution in [0.5, 0.6) is 5.75 Å². The predicted octanol–water partition coefficient (Wildman–Crippen LogP) is 2.47. The summed E-state index contributed by atoms with van der Waals surface area (Å²) < 4.78 is 20.6. The second kappa shape index (κ2) is 11.0. The number of nitriles is 1. The van der Waals surface area contributed by atoms with Gasteiger partial charge in [-0.05, 0) is 51.1 Å². The fourth-order valence-electron chi connectivity index (χ4n) is 3.97. The molecule has 1 aliphatic heterocycles. The number of rotatable bonds is 7. The molecule has 1 amide bonds. The quantitative estimate of drug-likeness (QED) is 0.422. The Bertz CT molecular complexity index is 1360. The molecule has 1 saturated heterocycles. The monoisotopic (exact) mass is 521 g/mol. The molecule has 3 atom stereocenters. The summed E-state index contributed by atoms with van der Waals surface area (Å²) in [6.07, 6.45) is -0.396. The van der Waals surface area contributed by atoms with Gasteiger partial charge in [0.2, 0.25) is 5.95 Å². The number of halogens is 1. The molecule has 3 N–H and O–H groups in total. The first kappa shape index (κ1) is 26.8. The Balaban J connectivity index is 1.49. The molecule has 4 rings (SSSR count). The molecule has 3 aromatic rings. The molecule has 1 fully saturated rings. The van der Waals surface area contributed by atoms with E-state index in [0.29, 0.717) is 22.8 Å². The summed E-state index contributed by atoms with van der Waals surface area (Å²) in [6.45, 7) is 4.66. The minimum atomic E-state index is -1.47. The van der Waals surface area contributed by atoms with Gasteiger partial charge in [-0.15, -0.1) is 0 Å². The fourth-order valence-corrected chi connectivity index (χ4v) is 3.97. The fraction of sp³-hybridized carbons (Fsp3) is 0.385. The number of carbonyl (C=O) groups excluding carboxylic acids is 1. The Morgan fingerprint density at radius 2 is 2.08 bits per heavy atom. The van der Waals surface area contributed by atoms with Crippen molar-refractivity contribution in [3.8, 4) is 23.2 Å². The van der Waals surface area contributed by atoms with Gasteiger partial charge in [0.15, 0.2) is 12.0 Å². The Hall–Kier alpha value is -4.21. The number of ether oxygens (including phenoxy) is 1. The minimum Gasteiger partial charge on any atom is -0.486 e. The van der Waals surface area contributed by atoms with E-state index < -0.39 is 29.9 Å². The molecule has 0 saturated carbocycles. The first-order valence-corrected chi connectivity index (χ1v) is 12.0. The van der Waals surface area contributed by atoms with Crippen molar-refractivity contribution in [2.45, 2.75) is 51.2 Å². The standard InChI is InChI=1S/C26H28FN7O4/c1-15(35)24(36)34-9-7-21(19(27)13-34)38-20-5-4-16(10-17(20)12-28)23-30-14-31-25(33-23)32-18-6-8-29-22(11-18)26(2,3)37/h4-6,8,10-11,14-15,19,21,35,37H,7,9,13H2,1-3H3,(H,29,30,31,32,33)/t15?,19-,21+/m1/s1. The number of aromatic nitrogens is 4. The number of benzene rings is 1. The van der Waals surface area contributed by atoms with Gasteiger partial charge in [-0.25, -0.2) is 14.4 Å². The maximum atomic E-state index is 14.8. The molecule has 38 heavy (non-hydrogen) atoms. The van der Waals surface area contributed by atoms with Gasteiger partial charge in [0, 0.05) is 30.4 Å². The molecule has 11 nitrogen and oxygen atoms in total. The van der Waals surface area contributed by atoms with Gasteiger partial charge < -0.3 is 25.2 Å². The van der Waals surface area contributed by atoms with Gasteiger partial charge >= 0.3 is 0 Å². The highest BCUT2D eigenvalue weighted by molar-refractivity contribution is 5.80. The summed E-state index contributed by atoms with van der Waals surface area (Å²) >= 11 is 0. The number of alkyl halides is 1. The number of nitrogens with zero attached hydrogens (tertiary/aromatic N) is 6. The van der Waals surface area contributed by atoms with E-state index in [1.54, 1.807) is 50.4 Å². The number of piperidine rings is 1. The SMILES string of the molecule is CC(O)C(=O)N1CC[C@H](Oc2ccc(-c3ncnc(Nc4ccnc(C(C)(C)O)c4)n3)cc2C#N)[C@H](F)C1. The van der Waals surface area contributed by atoms with Crippen LogP contribution >= 0.6 is 0 Å². The van der Waals surface area contributed by atoms with E-state index in [1.807, 2.05) is 0 Å². The third-order valence-electron chi connectivity index (χ3n) is 6.00. The Morgan fingerprint density at radius 1 is 1.29 bits per heavy atom. The minimum absolute atomic E-state index is 0.177. The van der Waals surface area contributed by atoms with Crippen molar-refractivity contribution >= 4 is 17.5 Å². The van der Waals surface area contributed by atoms with Crippen LogP contribution in [0.1, 0.15) is 38.4 Å². The number of nitrogens with one attached hydrogen (secondary N) is 1. The molecule has 198 valence electrons. The van der Waals surface area contributed by atoms with Crippen LogP contribution in [-0.2, 0) is 10.4 Å². The van der Waals surface area contributed by atoms with Crippen LogP contribution in [-0.4, -0.2) is 72.4 Å². The number of hydrogen-bond acceptors (Lipinski definition) is 10. The number of anilines is 2. The van der Waals surface area contributed by atoms with Crippen molar-refractivity contribution < 1.29 is 24.1 Å². The predicted molar refractivity (Wildman–Crippen MR) is 135 cm³/mol. The van der Waals surface area contributed by atoms with Gasteiger partial charge in [0.05, 0.1) is 17.8 Å². The first-order valence-electron chi connectivity index (χ1n) is 12.0. The van der Waals surface area contributed by atoms with Gasteiger partial charge in [0.1, 0.15) is 36.0 Å². The number of hydrogen-bond donors (Lipinski definition) is 3. The van der Waals surface area contributed by atoms with Crippen molar-refractivity contribution in [3.05, 3.63) is 54.1 Å². The zero-order valence-electron chi connectivity index (χ0n) is 21.2. The lowest BCUT2D eigenvalue weighted by atomic mass is 10.0. The average Bonchev–Trinajstić information content (AvgIpc) is 2.89. The Kier molecular flexibility index (Phi) is 7.80. The summed E-state index contributed by atoms with van der Waals surface area (Å²) in [4.78, 5) is 30.1. The third-order valence-corrected chi connectivity index (χ3v) is 6.00. The number of carbonyl (C=O) groups is 1. The molecule has 2 aromatic heterocycles. The van der Waals surface area contributed by atoms with Crippen molar-refractivity contribution in [2.24, 2.45) is 0 Å². The molecule has 1 unspecified atom stereocenters. The largest absolute Gasteiger partial charge is 0.486 e. The number of likely N-dealkylation sites (tertiary alicyclic amines) is 1. The zero-order chi connectivity index (χ0) is 27.4. The van der Waals surface area contributed by atoms with Crippen LogP contribution in [0.3, 0.4) is 0 Å². The van der Waals surface area contributed by atoms with Crippen LogP contribution in [0.4, 0.5) is 16.0 Å². The molecule has 0 radical (unpaired) electrons. The molecule has 3 heterocycles. The topological polar surface area (TPSA) is 157 Å². The second-order valence-electron chi connectivity index (χ2n) is 9.49. The van der Waals surface area contributed by atoms with Crippen molar-refractivity contribution in [1.29, 1.82) is 5.26 Å². The van der Waals surface area contributed by atoms with E-state index in [1.165, 1.54) is 18.2 Å². The van der Waals surface area contributed by atoms with Crippen molar-refractivity contribution in [3.63, 3.8) is 0 Å². The van der Waals surface area contributed by atoms with Crippen LogP contribution in [0.15, 0.2) is 42.9 Å². The summed E-state index contributed by atoms with van der Waals surface area (Å²) in [7, 11) is 0. The summed E-state index contributed by atoms with van der Waals surface area (Å²) in [5, 5.41) is 32.4. The van der Waals surface area contributed by atoms with Gasteiger partial charge in [-0.2, -0.15) is 10.2 Å². The molecular weight excluding hydrogens is 493 g/mol. The second-order valence-corrected chi connectivity index (χ2v) is 9.49. The Morgan fingerprint density at radius 3 is 2.76 bits per heavy atom. The van der Waals surface area contributed by atoms with E-state index in [4.69, 9.17) is 4.74 Å². The number of aliphatic hydroxyl groups excluding tert-OH is 1. The lowest BCUT2D eigenvalue weighted by Gasteiger charge is -2.35. The highest BCUT2D eigenvalue weighted by Crippen LogP contribution is 2.29. The van der Waals surface area contributed by atoms with E-state index in [0.717, 1.165) is 0 Å². The summed E-state index contributed by atoms with van der Waals surface area (Å²) in [6, 6.07) is 10.2. The summed E-state index contributed by atoms with van der Waals surface area (Å²) in [5.41, 5.74) is 0.685. The zero-order valence-corrected chi connectivity index (χ0v) is 21.2. The van der Waals surface area contributed by atoms with Crippen LogP contribution in [0, 0.1) is 11.3 Å². The van der Waals surface area contributed by atoms with E-state index in [9.17, 15) is 24.7 Å².